The van der Waals surface area contributed by atoms with Crippen molar-refractivity contribution in [3.05, 3.63) is 21.5 Å². The summed E-state index contributed by atoms with van der Waals surface area (Å²) in [6.07, 6.45) is 3.83. The van der Waals surface area contributed by atoms with Crippen molar-refractivity contribution in [2.45, 2.75) is 19.8 Å². The van der Waals surface area contributed by atoms with Crippen LogP contribution in [0.2, 0.25) is 0 Å². The monoisotopic (exact) mass is 331 g/mol. The Labute approximate surface area is 105 Å². The van der Waals surface area contributed by atoms with Crippen LogP contribution in [0.1, 0.15) is 19.8 Å². The van der Waals surface area contributed by atoms with E-state index in [4.69, 9.17) is 0 Å². The lowest BCUT2D eigenvalue weighted by atomic mass is 10.2. The van der Waals surface area contributed by atoms with Crippen molar-refractivity contribution in [3.63, 3.8) is 0 Å². The van der Waals surface area contributed by atoms with Gasteiger partial charge < -0.3 is 0 Å². The highest BCUT2D eigenvalue weighted by Gasteiger charge is 2.21. The average Bonchev–Trinajstić information content (AvgIpc) is 2.74. The van der Waals surface area contributed by atoms with E-state index >= 15 is 0 Å². The molecule has 0 spiro atoms. The first kappa shape index (κ1) is 10.9. The minimum Gasteiger partial charge on any atom is -0.235 e. The minimum atomic E-state index is 0.738. The third-order valence-electron chi connectivity index (χ3n) is 2.00. The Kier molecular flexibility index (Phi) is 3.25. The fourth-order valence-corrected chi connectivity index (χ4v) is 2.16. The number of allylic oxidation sites excluding steroid dienone is 1. The van der Waals surface area contributed by atoms with E-state index < -0.39 is 0 Å². The zero-order valence-corrected chi connectivity index (χ0v) is 11.3. The van der Waals surface area contributed by atoms with E-state index in [0.717, 1.165) is 33.5 Å². The molecule has 1 aliphatic rings. The lowest BCUT2D eigenvalue weighted by molar-refractivity contribution is 0.894. The molecule has 0 atom stereocenters. The van der Waals surface area contributed by atoms with Gasteiger partial charge in [-0.2, -0.15) is 10.2 Å². The molecular formula is C9H9Br2N4. The molecule has 0 aliphatic carbocycles. The van der Waals surface area contributed by atoms with E-state index in [9.17, 15) is 0 Å². The Hall–Kier alpha value is -0.620. The van der Waals surface area contributed by atoms with E-state index in [1.807, 2.05) is 12.3 Å². The molecule has 15 heavy (non-hydrogen) atoms. The van der Waals surface area contributed by atoms with Gasteiger partial charge in [0.15, 0.2) is 4.61 Å². The van der Waals surface area contributed by atoms with Crippen LogP contribution in [0, 0.1) is 0 Å². The van der Waals surface area contributed by atoms with Gasteiger partial charge in [-0.1, -0.05) is 13.3 Å². The van der Waals surface area contributed by atoms with Gasteiger partial charge in [-0.15, -0.1) is 5.43 Å². The van der Waals surface area contributed by atoms with Crippen molar-refractivity contribution in [1.82, 2.24) is 15.2 Å². The summed E-state index contributed by atoms with van der Waals surface area (Å²) in [4.78, 5) is 0. The first-order chi connectivity index (χ1) is 7.22. The molecule has 79 valence electrons. The van der Waals surface area contributed by atoms with Crippen LogP contribution in [0.3, 0.4) is 0 Å². The lowest BCUT2D eigenvalue weighted by Gasteiger charge is -2.04. The standard InChI is InChI=1S/C9H9Br2N4/c1-2-3-6-8(9(11)13-12-6)15-5-4-7(10)14-15/h4-5H,2-3H2,1H3. The molecule has 2 heterocycles. The molecule has 1 radical (unpaired) electrons. The zero-order valence-electron chi connectivity index (χ0n) is 8.11. The molecule has 0 fully saturated rings. The minimum absolute atomic E-state index is 0.738. The Morgan fingerprint density at radius 1 is 1.40 bits per heavy atom. The molecule has 0 saturated carbocycles. The SMILES string of the molecule is CCCC1=N[N]C(Br)=C1n1ccc(Br)n1. The van der Waals surface area contributed by atoms with E-state index in [1.54, 1.807) is 4.68 Å². The second-order valence-corrected chi connectivity index (χ2v) is 4.68. The van der Waals surface area contributed by atoms with Gasteiger partial charge in [-0.05, 0) is 44.3 Å². The van der Waals surface area contributed by atoms with Crippen LogP contribution in [-0.2, 0) is 0 Å². The van der Waals surface area contributed by atoms with Crippen LogP contribution in [0.15, 0.2) is 26.6 Å². The highest BCUT2D eigenvalue weighted by Crippen LogP contribution is 2.25. The Morgan fingerprint density at radius 3 is 2.80 bits per heavy atom. The molecular weight excluding hydrogens is 324 g/mol. The van der Waals surface area contributed by atoms with E-state index in [-0.39, 0.29) is 0 Å². The first-order valence-electron chi connectivity index (χ1n) is 4.61. The van der Waals surface area contributed by atoms with Gasteiger partial charge in [0, 0.05) is 6.20 Å². The summed E-state index contributed by atoms with van der Waals surface area (Å²) in [5.74, 6) is 0. The zero-order chi connectivity index (χ0) is 10.8. The molecule has 6 heteroatoms. The van der Waals surface area contributed by atoms with Crippen LogP contribution in [0.4, 0.5) is 0 Å². The van der Waals surface area contributed by atoms with Crippen LogP contribution < -0.4 is 5.43 Å². The van der Waals surface area contributed by atoms with Gasteiger partial charge >= 0.3 is 0 Å². The lowest BCUT2D eigenvalue weighted by Crippen LogP contribution is -2.07. The van der Waals surface area contributed by atoms with Gasteiger partial charge in [0.25, 0.3) is 0 Å². The molecule has 1 aromatic rings. The van der Waals surface area contributed by atoms with Gasteiger partial charge in [-0.3, -0.25) is 0 Å². The first-order valence-corrected chi connectivity index (χ1v) is 6.20. The number of aromatic nitrogens is 2. The van der Waals surface area contributed by atoms with Crippen molar-refractivity contribution in [2.75, 3.05) is 0 Å². The van der Waals surface area contributed by atoms with Crippen molar-refractivity contribution >= 4 is 43.3 Å². The largest absolute Gasteiger partial charge is 0.235 e. The molecule has 0 unspecified atom stereocenters. The van der Waals surface area contributed by atoms with Crippen molar-refractivity contribution in [3.8, 4) is 0 Å². The third kappa shape index (κ3) is 2.15. The van der Waals surface area contributed by atoms with Gasteiger partial charge in [0.1, 0.15) is 10.3 Å². The van der Waals surface area contributed by atoms with Crippen LogP contribution in [-0.4, -0.2) is 15.5 Å². The molecule has 1 aliphatic heterocycles. The number of nitrogens with zero attached hydrogens (tertiary/aromatic N) is 4. The second kappa shape index (κ2) is 4.49. The van der Waals surface area contributed by atoms with Gasteiger partial charge in [0.2, 0.25) is 0 Å². The van der Waals surface area contributed by atoms with Crippen LogP contribution in [0.25, 0.3) is 5.70 Å². The summed E-state index contributed by atoms with van der Waals surface area (Å²) in [6, 6.07) is 1.88. The number of rotatable bonds is 3. The fraction of sp³-hybridized carbons (Fsp3) is 0.333. The predicted molar refractivity (Wildman–Crippen MR) is 66.5 cm³/mol. The van der Waals surface area contributed by atoms with Crippen molar-refractivity contribution in [1.29, 1.82) is 0 Å². The molecule has 0 amide bonds. The Balaban J connectivity index is 2.34. The molecule has 4 nitrogen and oxygen atoms in total. The maximum atomic E-state index is 4.28. The van der Waals surface area contributed by atoms with Crippen LogP contribution >= 0.6 is 31.9 Å². The fourth-order valence-electron chi connectivity index (χ4n) is 1.38. The number of hydrogen-bond donors (Lipinski definition) is 0. The maximum Gasteiger partial charge on any atom is 0.156 e. The summed E-state index contributed by atoms with van der Waals surface area (Å²) in [7, 11) is 0. The molecule has 0 N–H and O–H groups in total. The summed E-state index contributed by atoms with van der Waals surface area (Å²) < 4.78 is 3.32. The highest BCUT2D eigenvalue weighted by atomic mass is 79.9. The number of halogens is 2. The van der Waals surface area contributed by atoms with Crippen molar-refractivity contribution < 1.29 is 0 Å². The number of hydrogen-bond acceptors (Lipinski definition) is 2. The molecule has 0 saturated heterocycles. The second-order valence-electron chi connectivity index (χ2n) is 3.12. The summed E-state index contributed by atoms with van der Waals surface area (Å²) in [6.45, 7) is 2.12. The Morgan fingerprint density at radius 2 is 2.20 bits per heavy atom. The Bertz CT molecular complexity index is 433. The summed E-state index contributed by atoms with van der Waals surface area (Å²) in [5.41, 5.74) is 5.92. The molecule has 1 aromatic heterocycles. The van der Waals surface area contributed by atoms with Crippen LogP contribution in [0.5, 0.6) is 0 Å². The topological polar surface area (TPSA) is 44.3 Å². The van der Waals surface area contributed by atoms with E-state index in [2.05, 4.69) is 54.4 Å². The predicted octanol–water partition coefficient (Wildman–Crippen LogP) is 2.94. The molecule has 2 rings (SSSR count). The summed E-state index contributed by atoms with van der Waals surface area (Å²) >= 11 is 6.70. The van der Waals surface area contributed by atoms with Gasteiger partial charge in [-0.25, -0.2) is 4.68 Å². The smallest absolute Gasteiger partial charge is 0.156 e. The maximum absolute atomic E-state index is 4.28. The van der Waals surface area contributed by atoms with Gasteiger partial charge in [0.05, 0.1) is 5.71 Å². The van der Waals surface area contributed by atoms with Crippen molar-refractivity contribution in [2.24, 2.45) is 5.10 Å². The van der Waals surface area contributed by atoms with E-state index in [0.29, 0.717) is 0 Å². The molecule has 0 aromatic carbocycles. The highest BCUT2D eigenvalue weighted by molar-refractivity contribution is 9.11. The normalized spacial score (nSPS) is 15.5. The summed E-state index contributed by atoms with van der Waals surface area (Å²) in [5, 5.41) is 8.40. The van der Waals surface area contributed by atoms with E-state index in [1.165, 1.54) is 0 Å². The third-order valence-corrected chi connectivity index (χ3v) is 2.96. The quantitative estimate of drug-likeness (QED) is 0.785. The average molecular weight is 333 g/mol. The molecule has 0 bridgehead atoms.